The van der Waals surface area contributed by atoms with Crippen LogP contribution in [0.3, 0.4) is 0 Å². The van der Waals surface area contributed by atoms with Gasteiger partial charge in [0.25, 0.3) is 0 Å². The maximum Gasteiger partial charge on any atom is 1.00 e. The van der Waals surface area contributed by atoms with Crippen molar-refractivity contribution < 1.29 is 8.42 Å². The Morgan fingerprint density at radius 1 is 1.27 bits per heavy atom. The molecule has 57 valence electrons. The predicted molar refractivity (Wildman–Crippen MR) is 43.6 cm³/mol. The van der Waals surface area contributed by atoms with Crippen molar-refractivity contribution in [3.05, 3.63) is 24.3 Å². The minimum absolute atomic E-state index is 0. The maximum atomic E-state index is 10.3. The number of nitrogen functional groups attached to an aromatic ring is 1. The minimum Gasteiger partial charge on any atom is -0.420 e. The zero-order chi connectivity index (χ0) is 7.56. The third-order valence-electron chi connectivity index (χ3n) is 1.05. The molecule has 5 heteroatoms. The van der Waals surface area contributed by atoms with Crippen molar-refractivity contribution in [3.63, 3.8) is 0 Å². The van der Waals surface area contributed by atoms with E-state index in [1.165, 1.54) is 12.1 Å². The third-order valence-corrected chi connectivity index (χ3v) is 1.69. The van der Waals surface area contributed by atoms with Gasteiger partial charge in [0.15, 0.2) is 0 Å². The van der Waals surface area contributed by atoms with Crippen LogP contribution < -0.4 is 5.73 Å². The molecule has 0 aliphatic heterocycles. The second-order valence-corrected chi connectivity index (χ2v) is 2.75. The molecule has 0 aliphatic carbocycles. The van der Waals surface area contributed by atoms with Gasteiger partial charge in [-0.3, -0.25) is 0 Å². The summed E-state index contributed by atoms with van der Waals surface area (Å²) in [6, 6.07) is 6.12. The van der Waals surface area contributed by atoms with E-state index in [1.807, 2.05) is 0 Å². The van der Waals surface area contributed by atoms with Gasteiger partial charge in [0, 0.05) is 5.69 Å². The first-order chi connectivity index (χ1) is 4.70. The average molecular weight is 275 g/mol. The molecule has 0 spiro atoms. The fraction of sp³-hybridized carbons (Fsp3) is 0. The summed E-state index contributed by atoms with van der Waals surface area (Å²) in [5.41, 5.74) is 5.78. The molecule has 11 heavy (non-hydrogen) atoms. The first-order valence-corrected chi connectivity index (χ1v) is 3.72. The molecule has 1 rings (SSSR count). The average Bonchev–Trinajstić information content (AvgIpc) is 1.88. The number of benzene rings is 1. The van der Waals surface area contributed by atoms with E-state index in [-0.39, 0.29) is 28.8 Å². The summed E-state index contributed by atoms with van der Waals surface area (Å²) in [5, 5.41) is 0. The van der Waals surface area contributed by atoms with Crippen molar-refractivity contribution in [2.45, 2.75) is 4.90 Å². The van der Waals surface area contributed by atoms with Crippen LogP contribution in [0.4, 0.5) is 5.69 Å². The zero-order valence-electron chi connectivity index (χ0n) is 5.61. The predicted octanol–water partition coefficient (Wildman–Crippen LogP) is 0.556. The van der Waals surface area contributed by atoms with Gasteiger partial charge >= 0.3 is 23.9 Å². The summed E-state index contributed by atoms with van der Waals surface area (Å²) < 4.78 is 20.6. The van der Waals surface area contributed by atoms with E-state index >= 15 is 0 Å². The van der Waals surface area contributed by atoms with Gasteiger partial charge in [-0.15, -0.1) is 0 Å². The summed E-state index contributed by atoms with van der Waals surface area (Å²) in [6.45, 7) is 0. The largest absolute Gasteiger partial charge is 1.00 e. The Bertz CT molecular complexity index is 303. The minimum atomic E-state index is -2.17. The molecule has 2 N–H and O–H groups in total. The van der Waals surface area contributed by atoms with E-state index in [0.717, 1.165) is 0 Å². The number of hydrogen-bond acceptors (Lipinski definition) is 4. The van der Waals surface area contributed by atoms with Gasteiger partial charge in [-0.25, -0.2) is 0 Å². The first kappa shape index (κ1) is 10.8. The molecular weight excluding hydrogens is 269 g/mol. The summed E-state index contributed by atoms with van der Waals surface area (Å²) in [6.07, 6.45) is 0. The smallest absolute Gasteiger partial charge is 0.420 e. The number of anilines is 1. The van der Waals surface area contributed by atoms with E-state index in [0.29, 0.717) is 5.69 Å². The van der Waals surface area contributed by atoms with E-state index in [2.05, 4.69) is 0 Å². The molecule has 3 nitrogen and oxygen atoms in total. The van der Waals surface area contributed by atoms with E-state index < -0.39 is 10.7 Å². The van der Waals surface area contributed by atoms with Gasteiger partial charge in [0.1, 0.15) is 0 Å². The summed E-state index contributed by atoms with van der Waals surface area (Å²) in [5.74, 6) is 0. The molecule has 0 fully saturated rings. The first-order valence-electron chi connectivity index (χ1n) is 2.65. The molecule has 0 amide bonds. The van der Waals surface area contributed by atoms with Crippen LogP contribution in [0.15, 0.2) is 29.2 Å². The van der Waals surface area contributed by atoms with Crippen LogP contribution in [0.2, 0.25) is 0 Å². The standard InChI is InChI=1S/C6H6NO2S.Sn/c7-5-2-1-3-6(4-5)10(8)9;/h1-4H,7H2;/q-1;+1. The van der Waals surface area contributed by atoms with Gasteiger partial charge in [0.05, 0.1) is 0 Å². The van der Waals surface area contributed by atoms with Crippen molar-refractivity contribution in [1.82, 2.24) is 0 Å². The second-order valence-electron chi connectivity index (χ2n) is 1.81. The van der Waals surface area contributed by atoms with E-state index in [4.69, 9.17) is 5.73 Å². The normalized spacial score (nSPS) is 9.18. The molecule has 0 atom stereocenters. The quantitative estimate of drug-likeness (QED) is 0.462. The SMILES string of the molecule is Nc1cccc([S-](=O)=O)c1.[Sn+]. The van der Waals surface area contributed by atoms with Crippen molar-refractivity contribution in [2.24, 2.45) is 0 Å². The van der Waals surface area contributed by atoms with Crippen molar-refractivity contribution in [1.29, 1.82) is 0 Å². The van der Waals surface area contributed by atoms with E-state index in [9.17, 15) is 8.42 Å². The Balaban J connectivity index is 0.000001000. The van der Waals surface area contributed by atoms with Crippen LogP contribution in [0.1, 0.15) is 0 Å². The van der Waals surface area contributed by atoms with Crippen molar-refractivity contribution in [2.75, 3.05) is 5.73 Å². The molecule has 0 heterocycles. The van der Waals surface area contributed by atoms with E-state index in [1.54, 1.807) is 12.1 Å². The molecular formula is C6H6NO2SSn. The molecule has 0 aromatic heterocycles. The van der Waals surface area contributed by atoms with Gasteiger partial charge in [-0.1, -0.05) is 23.1 Å². The van der Waals surface area contributed by atoms with Gasteiger partial charge in [-0.05, 0) is 16.8 Å². The Labute approximate surface area is 83.5 Å². The number of nitrogens with two attached hydrogens (primary N) is 1. The Morgan fingerprint density at radius 3 is 2.27 bits per heavy atom. The summed E-state index contributed by atoms with van der Waals surface area (Å²) >= 11 is 0. The van der Waals surface area contributed by atoms with Crippen LogP contribution in [-0.2, 0) is 19.1 Å². The summed E-state index contributed by atoms with van der Waals surface area (Å²) in [7, 11) is -2.17. The molecule has 1 aromatic rings. The third kappa shape index (κ3) is 3.11. The van der Waals surface area contributed by atoms with Crippen LogP contribution in [-0.4, -0.2) is 23.9 Å². The van der Waals surface area contributed by atoms with Gasteiger partial charge < -0.3 is 14.2 Å². The van der Waals surface area contributed by atoms with Gasteiger partial charge in [-0.2, -0.15) is 0 Å². The molecule has 0 unspecified atom stereocenters. The fourth-order valence-electron chi connectivity index (χ4n) is 0.618. The fourth-order valence-corrected chi connectivity index (χ4v) is 1.04. The molecule has 3 radical (unpaired) electrons. The van der Waals surface area contributed by atoms with Crippen LogP contribution in [0, 0.1) is 0 Å². The Hall–Kier alpha value is -0.231. The second kappa shape index (κ2) is 4.61. The number of hydrogen-bond donors (Lipinski definition) is 1. The molecule has 0 saturated carbocycles. The maximum absolute atomic E-state index is 10.3. The Morgan fingerprint density at radius 2 is 1.91 bits per heavy atom. The zero-order valence-corrected chi connectivity index (χ0v) is 9.28. The van der Waals surface area contributed by atoms with Crippen molar-refractivity contribution in [3.8, 4) is 0 Å². The molecule has 1 aromatic carbocycles. The number of rotatable bonds is 1. The molecule has 0 saturated heterocycles. The van der Waals surface area contributed by atoms with Gasteiger partial charge in [0.2, 0.25) is 0 Å². The molecule has 0 bridgehead atoms. The topological polar surface area (TPSA) is 60.2 Å². The Kier molecular flexibility index (Phi) is 4.51. The molecule has 0 aliphatic rings. The summed E-state index contributed by atoms with van der Waals surface area (Å²) in [4.78, 5) is 0.222. The van der Waals surface area contributed by atoms with Crippen LogP contribution in [0.5, 0.6) is 0 Å². The van der Waals surface area contributed by atoms with Crippen LogP contribution >= 0.6 is 0 Å². The van der Waals surface area contributed by atoms with Crippen molar-refractivity contribution >= 4 is 40.3 Å². The monoisotopic (exact) mass is 276 g/mol. The van der Waals surface area contributed by atoms with Crippen LogP contribution in [0.25, 0.3) is 0 Å².